The number of pyridine rings is 1. The van der Waals surface area contributed by atoms with Gasteiger partial charge in [-0.05, 0) is 41.7 Å². The van der Waals surface area contributed by atoms with Gasteiger partial charge in [-0.15, -0.1) is 0 Å². The van der Waals surface area contributed by atoms with E-state index in [2.05, 4.69) is 10.3 Å². The lowest BCUT2D eigenvalue weighted by molar-refractivity contribution is -0.389. The van der Waals surface area contributed by atoms with Crippen LogP contribution in [0.2, 0.25) is 0 Å². The predicted octanol–water partition coefficient (Wildman–Crippen LogP) is 1.63. The number of hydrogen-bond donors (Lipinski definition) is 1. The summed E-state index contributed by atoms with van der Waals surface area (Å²) in [5, 5.41) is 14.3. The van der Waals surface area contributed by atoms with Gasteiger partial charge in [0, 0.05) is 36.5 Å². The molecule has 116 valence electrons. The first-order valence-electron chi connectivity index (χ1n) is 7.72. The van der Waals surface area contributed by atoms with E-state index in [1.807, 2.05) is 0 Å². The molecule has 1 spiro atoms. The molecule has 0 aliphatic carbocycles. The maximum atomic E-state index is 12.4. The first-order valence-corrected chi connectivity index (χ1v) is 7.72. The summed E-state index contributed by atoms with van der Waals surface area (Å²) in [5.74, 6) is -0.0815. The topological polar surface area (TPSA) is 88.4 Å². The maximum absolute atomic E-state index is 12.4. The highest BCUT2D eigenvalue weighted by Crippen LogP contribution is 2.47. The summed E-state index contributed by atoms with van der Waals surface area (Å²) in [4.78, 5) is 28.2. The minimum Gasteiger partial charge on any atom is -0.358 e. The van der Waals surface area contributed by atoms with E-state index >= 15 is 0 Å². The highest BCUT2D eigenvalue weighted by Gasteiger charge is 2.50. The highest BCUT2D eigenvalue weighted by atomic mass is 16.6. The summed E-state index contributed by atoms with van der Waals surface area (Å²) >= 11 is 0. The number of rotatable bonds is 2. The summed E-state index contributed by atoms with van der Waals surface area (Å²) in [7, 11) is 0. The average molecular weight is 302 g/mol. The molecule has 0 radical (unpaired) electrons. The number of nitro groups is 1. The van der Waals surface area contributed by atoms with Crippen LogP contribution in [0.5, 0.6) is 0 Å². The van der Waals surface area contributed by atoms with Crippen molar-refractivity contribution < 1.29 is 9.72 Å². The van der Waals surface area contributed by atoms with Gasteiger partial charge in [-0.3, -0.25) is 4.79 Å². The van der Waals surface area contributed by atoms with Gasteiger partial charge in [0.05, 0.1) is 5.69 Å². The van der Waals surface area contributed by atoms with Gasteiger partial charge in [-0.2, -0.15) is 0 Å². The van der Waals surface area contributed by atoms with Gasteiger partial charge in [0.15, 0.2) is 6.20 Å². The molecular weight excluding hydrogens is 284 g/mol. The monoisotopic (exact) mass is 302 g/mol. The molecule has 7 heteroatoms. The quantitative estimate of drug-likeness (QED) is 0.662. The van der Waals surface area contributed by atoms with Crippen molar-refractivity contribution in [3.63, 3.8) is 0 Å². The molecule has 4 rings (SSSR count). The molecule has 0 saturated carbocycles. The first-order chi connectivity index (χ1) is 10.5. The van der Waals surface area contributed by atoms with Crippen LogP contribution in [0.1, 0.15) is 32.1 Å². The Morgan fingerprint density at radius 1 is 1.32 bits per heavy atom. The Kier molecular flexibility index (Phi) is 2.94. The number of carbonyl (C=O) groups excluding carboxylic acids is 1. The van der Waals surface area contributed by atoms with Crippen LogP contribution < -0.4 is 10.2 Å². The van der Waals surface area contributed by atoms with Gasteiger partial charge in [-0.25, -0.2) is 0 Å². The van der Waals surface area contributed by atoms with E-state index in [-0.39, 0.29) is 17.1 Å². The molecule has 1 aromatic heterocycles. The zero-order valence-electron chi connectivity index (χ0n) is 12.2. The zero-order valence-corrected chi connectivity index (χ0v) is 12.2. The van der Waals surface area contributed by atoms with Crippen LogP contribution in [0.4, 0.5) is 11.5 Å². The summed E-state index contributed by atoms with van der Waals surface area (Å²) in [6.45, 7) is 0.708. The molecular formula is C15H18N4O3. The van der Waals surface area contributed by atoms with E-state index in [1.165, 1.54) is 25.1 Å². The van der Waals surface area contributed by atoms with Gasteiger partial charge in [0.1, 0.15) is 0 Å². The number of carbonyl (C=O) groups is 1. The standard InChI is InChI=1S/C15H18N4O3/c20-14-7-15(5-10-1-2-11(6-15)17-10)9-18(14)12-3-4-13(16-8-12)19(21)22/h3-4,8,10-11,17H,1-2,5-7,9H2. The van der Waals surface area contributed by atoms with E-state index in [4.69, 9.17) is 0 Å². The first kappa shape index (κ1) is 13.6. The summed E-state index contributed by atoms with van der Waals surface area (Å²) in [6.07, 6.45) is 6.53. The van der Waals surface area contributed by atoms with Crippen molar-refractivity contribution in [3.05, 3.63) is 28.4 Å². The lowest BCUT2D eigenvalue weighted by atomic mass is 9.75. The predicted molar refractivity (Wildman–Crippen MR) is 79.5 cm³/mol. The molecule has 2 unspecified atom stereocenters. The van der Waals surface area contributed by atoms with Crippen LogP contribution in [0.15, 0.2) is 18.3 Å². The van der Waals surface area contributed by atoms with E-state index in [0.717, 1.165) is 12.8 Å². The molecule has 4 heterocycles. The Labute approximate surface area is 127 Å². The molecule has 2 atom stereocenters. The van der Waals surface area contributed by atoms with E-state index in [0.29, 0.717) is 30.7 Å². The largest absolute Gasteiger partial charge is 0.363 e. The zero-order chi connectivity index (χ0) is 15.3. The maximum Gasteiger partial charge on any atom is 0.363 e. The molecule has 3 aliphatic heterocycles. The van der Waals surface area contributed by atoms with Crippen LogP contribution in [0.3, 0.4) is 0 Å². The van der Waals surface area contributed by atoms with Crippen molar-refractivity contribution in [1.82, 2.24) is 10.3 Å². The van der Waals surface area contributed by atoms with Gasteiger partial charge in [0.25, 0.3) is 0 Å². The Hall–Kier alpha value is -2.02. The second-order valence-electron chi connectivity index (χ2n) is 6.83. The van der Waals surface area contributed by atoms with Crippen LogP contribution in [-0.4, -0.2) is 34.4 Å². The van der Waals surface area contributed by atoms with Crippen molar-refractivity contribution in [2.45, 2.75) is 44.2 Å². The second kappa shape index (κ2) is 4.74. The third kappa shape index (κ3) is 2.16. The fourth-order valence-corrected chi connectivity index (χ4v) is 4.40. The molecule has 7 nitrogen and oxygen atoms in total. The minimum absolute atomic E-state index is 0.0654. The lowest BCUT2D eigenvalue weighted by Gasteiger charge is -2.37. The van der Waals surface area contributed by atoms with Crippen molar-refractivity contribution in [2.24, 2.45) is 5.41 Å². The summed E-state index contributed by atoms with van der Waals surface area (Å²) < 4.78 is 0. The van der Waals surface area contributed by atoms with Crippen molar-refractivity contribution in [1.29, 1.82) is 0 Å². The third-order valence-electron chi connectivity index (χ3n) is 5.25. The fraction of sp³-hybridized carbons (Fsp3) is 0.600. The smallest absolute Gasteiger partial charge is 0.358 e. The minimum atomic E-state index is -0.526. The Morgan fingerprint density at radius 2 is 2.05 bits per heavy atom. The Bertz CT molecular complexity index is 618. The number of nitrogens with zero attached hydrogens (tertiary/aromatic N) is 3. The molecule has 0 aromatic carbocycles. The molecule has 3 fully saturated rings. The Morgan fingerprint density at radius 3 is 2.64 bits per heavy atom. The molecule has 3 aliphatic rings. The van der Waals surface area contributed by atoms with E-state index < -0.39 is 4.92 Å². The Balaban J connectivity index is 1.56. The molecule has 1 amide bonds. The highest BCUT2D eigenvalue weighted by molar-refractivity contribution is 5.96. The van der Waals surface area contributed by atoms with Crippen LogP contribution in [-0.2, 0) is 4.79 Å². The number of fused-ring (bicyclic) bond motifs is 2. The molecule has 3 saturated heterocycles. The van der Waals surface area contributed by atoms with Gasteiger partial charge in [0.2, 0.25) is 5.91 Å². The molecule has 22 heavy (non-hydrogen) atoms. The van der Waals surface area contributed by atoms with Crippen molar-refractivity contribution >= 4 is 17.4 Å². The summed E-state index contributed by atoms with van der Waals surface area (Å²) in [6, 6.07) is 4.07. The summed E-state index contributed by atoms with van der Waals surface area (Å²) in [5.41, 5.74) is 0.731. The average Bonchev–Trinajstić information content (AvgIpc) is 2.99. The number of hydrogen-bond acceptors (Lipinski definition) is 5. The number of aromatic nitrogens is 1. The van der Waals surface area contributed by atoms with Crippen LogP contribution in [0, 0.1) is 15.5 Å². The van der Waals surface area contributed by atoms with E-state index in [1.54, 1.807) is 11.0 Å². The second-order valence-corrected chi connectivity index (χ2v) is 6.83. The lowest BCUT2D eigenvalue weighted by Crippen LogP contribution is -2.45. The SMILES string of the molecule is O=C1CC2(CC3CCC(C2)N3)CN1c1ccc([N+](=O)[O-])nc1. The van der Waals surface area contributed by atoms with Crippen LogP contribution >= 0.6 is 0 Å². The van der Waals surface area contributed by atoms with Crippen molar-refractivity contribution in [2.75, 3.05) is 11.4 Å². The van der Waals surface area contributed by atoms with Gasteiger partial charge < -0.3 is 20.3 Å². The number of anilines is 1. The fourth-order valence-electron chi connectivity index (χ4n) is 4.40. The van der Waals surface area contributed by atoms with Gasteiger partial charge in [-0.1, -0.05) is 0 Å². The van der Waals surface area contributed by atoms with E-state index in [9.17, 15) is 14.9 Å². The normalized spacial score (nSPS) is 33.6. The number of piperidine rings is 1. The molecule has 2 bridgehead atoms. The number of amides is 1. The van der Waals surface area contributed by atoms with Crippen LogP contribution in [0.25, 0.3) is 0 Å². The van der Waals surface area contributed by atoms with Gasteiger partial charge >= 0.3 is 5.82 Å². The van der Waals surface area contributed by atoms with Crippen molar-refractivity contribution in [3.8, 4) is 0 Å². The molecule has 1 aromatic rings. The molecule has 1 N–H and O–H groups in total. The third-order valence-corrected chi connectivity index (χ3v) is 5.25. The number of nitrogens with one attached hydrogen (secondary N) is 1.